The Morgan fingerprint density at radius 1 is 0.558 bits per heavy atom. The van der Waals surface area contributed by atoms with Crippen molar-refractivity contribution in [3.8, 4) is 0 Å². The summed E-state index contributed by atoms with van der Waals surface area (Å²) in [6, 6.07) is 0. The molecule has 7 nitrogen and oxygen atoms in total. The molecule has 0 spiro atoms. The topological polar surface area (TPSA) is 113 Å². The molecule has 0 aromatic carbocycles. The molecule has 0 bridgehead atoms. The molecular weight excluding hydrogens is 652 g/mol. The summed E-state index contributed by atoms with van der Waals surface area (Å²) in [5, 5.41) is 30.0. The number of esters is 2. The molecule has 0 saturated carbocycles. The highest BCUT2D eigenvalue weighted by Gasteiger charge is 2.18. The molecule has 0 aliphatic heterocycles. The number of aliphatic hydroxyl groups excluding tert-OH is 3. The fourth-order valence-corrected chi connectivity index (χ4v) is 6.14. The maximum Gasteiger partial charge on any atom is 0.306 e. The van der Waals surface area contributed by atoms with Crippen molar-refractivity contribution in [1.82, 2.24) is 0 Å². The molecule has 0 heterocycles. The van der Waals surface area contributed by atoms with E-state index in [4.69, 9.17) is 9.47 Å². The summed E-state index contributed by atoms with van der Waals surface area (Å²) in [6.45, 7) is 6.22. The maximum absolute atomic E-state index is 12.2. The zero-order valence-electron chi connectivity index (χ0n) is 34.0. The Kier molecular flexibility index (Phi) is 37.3. The van der Waals surface area contributed by atoms with Crippen LogP contribution in [0.2, 0.25) is 0 Å². The van der Waals surface area contributed by atoms with Crippen LogP contribution in [-0.4, -0.2) is 58.8 Å². The van der Waals surface area contributed by atoms with Crippen molar-refractivity contribution in [2.24, 2.45) is 5.92 Å². The largest absolute Gasteiger partial charge is 0.462 e. The lowest BCUT2D eigenvalue weighted by Gasteiger charge is -2.17. The molecule has 2 unspecified atom stereocenters. The molecule has 0 aromatic heterocycles. The Morgan fingerprint density at radius 3 is 1.60 bits per heavy atom. The number of aliphatic hydroxyl groups is 3. The van der Waals surface area contributed by atoms with E-state index in [1.807, 2.05) is 12.2 Å². The Labute approximate surface area is 320 Å². The van der Waals surface area contributed by atoms with Gasteiger partial charge in [0.1, 0.15) is 6.61 Å². The second-order valence-electron chi connectivity index (χ2n) is 15.2. The average Bonchev–Trinajstić information content (AvgIpc) is 3.12. The highest BCUT2D eigenvalue weighted by Crippen LogP contribution is 2.16. The van der Waals surface area contributed by atoms with Crippen LogP contribution in [0.5, 0.6) is 0 Å². The van der Waals surface area contributed by atoms with Crippen molar-refractivity contribution in [1.29, 1.82) is 0 Å². The molecule has 0 rings (SSSR count). The highest BCUT2D eigenvalue weighted by molar-refractivity contribution is 5.70. The van der Waals surface area contributed by atoms with Crippen LogP contribution in [0.25, 0.3) is 0 Å². The first-order chi connectivity index (χ1) is 25.3. The number of carbonyl (C=O) groups is 2. The van der Waals surface area contributed by atoms with Gasteiger partial charge in [-0.3, -0.25) is 9.59 Å². The smallest absolute Gasteiger partial charge is 0.306 e. The predicted molar refractivity (Wildman–Crippen MR) is 217 cm³/mol. The summed E-state index contributed by atoms with van der Waals surface area (Å²) >= 11 is 0. The zero-order chi connectivity index (χ0) is 38.3. The van der Waals surface area contributed by atoms with Crippen LogP contribution in [0.1, 0.15) is 201 Å². The molecule has 52 heavy (non-hydrogen) atoms. The quantitative estimate of drug-likeness (QED) is 0.0329. The van der Waals surface area contributed by atoms with Crippen LogP contribution in [0.4, 0.5) is 0 Å². The number of rotatable bonds is 38. The maximum atomic E-state index is 12.2. The van der Waals surface area contributed by atoms with Crippen LogP contribution < -0.4 is 0 Å². The standard InChI is InChI=1S/C45H82O7/c1-4-5-6-7-8-9-10-18-21-24-27-30-34-42(47)43(48)35-32-37-44(49)51-39-41(38-46)52-45(50)36-31-28-25-22-19-16-14-12-11-13-15-17-20-23-26-29-33-40(2)3/h8-9,18,21,27,30,40-43,46-48H,4-7,10-17,19-20,22-26,28-29,31-39H2,1-3H3/b9-8-,21-18-,30-27-/t41-,42?,43?/m0/s1. The first-order valence-corrected chi connectivity index (χ1v) is 21.6. The molecule has 304 valence electrons. The minimum atomic E-state index is -0.930. The van der Waals surface area contributed by atoms with Crippen LogP contribution in [-0.2, 0) is 19.1 Å². The summed E-state index contributed by atoms with van der Waals surface area (Å²) < 4.78 is 10.5. The number of hydrogen-bond donors (Lipinski definition) is 3. The molecule has 0 amide bonds. The van der Waals surface area contributed by atoms with Crippen LogP contribution in [0.3, 0.4) is 0 Å². The third-order valence-corrected chi connectivity index (χ3v) is 9.57. The van der Waals surface area contributed by atoms with Gasteiger partial charge in [0, 0.05) is 12.8 Å². The van der Waals surface area contributed by atoms with Crippen LogP contribution in [0, 0.1) is 5.92 Å². The van der Waals surface area contributed by atoms with E-state index < -0.39 is 30.9 Å². The number of hydrogen-bond acceptors (Lipinski definition) is 7. The molecule has 3 N–H and O–H groups in total. The molecular formula is C45H82O7. The van der Waals surface area contributed by atoms with Gasteiger partial charge in [0.05, 0.1) is 18.8 Å². The second kappa shape index (κ2) is 38.8. The zero-order valence-corrected chi connectivity index (χ0v) is 34.0. The van der Waals surface area contributed by atoms with Gasteiger partial charge in [-0.1, -0.05) is 173 Å². The lowest BCUT2D eigenvalue weighted by molar-refractivity contribution is -0.161. The summed E-state index contributed by atoms with van der Waals surface area (Å²) in [4.78, 5) is 24.4. The number of allylic oxidation sites excluding steroid dienone is 5. The van der Waals surface area contributed by atoms with E-state index in [-0.39, 0.29) is 25.4 Å². The summed E-state index contributed by atoms with van der Waals surface area (Å²) in [6.07, 6.45) is 39.6. The van der Waals surface area contributed by atoms with E-state index in [0.29, 0.717) is 19.3 Å². The number of ether oxygens (including phenoxy) is 2. The molecule has 0 radical (unpaired) electrons. The average molecular weight is 735 g/mol. The van der Waals surface area contributed by atoms with E-state index in [1.54, 1.807) is 0 Å². The third-order valence-electron chi connectivity index (χ3n) is 9.57. The van der Waals surface area contributed by atoms with Crippen molar-refractivity contribution in [3.05, 3.63) is 36.5 Å². The van der Waals surface area contributed by atoms with Crippen LogP contribution in [0.15, 0.2) is 36.5 Å². The molecule has 0 aliphatic rings. The summed E-state index contributed by atoms with van der Waals surface area (Å²) in [5.41, 5.74) is 0. The molecule has 0 aromatic rings. The molecule has 0 fully saturated rings. The van der Waals surface area contributed by atoms with E-state index in [9.17, 15) is 24.9 Å². The Morgan fingerprint density at radius 2 is 1.06 bits per heavy atom. The van der Waals surface area contributed by atoms with E-state index in [2.05, 4.69) is 45.1 Å². The van der Waals surface area contributed by atoms with Gasteiger partial charge in [-0.15, -0.1) is 0 Å². The Hall–Kier alpha value is -1.96. The molecule has 0 aliphatic carbocycles. The fourth-order valence-electron chi connectivity index (χ4n) is 6.14. The van der Waals surface area contributed by atoms with Gasteiger partial charge >= 0.3 is 11.9 Å². The van der Waals surface area contributed by atoms with E-state index >= 15 is 0 Å². The number of carbonyl (C=O) groups excluding carboxylic acids is 2. The molecule has 0 saturated heterocycles. The Bertz CT molecular complexity index is 881. The SMILES string of the molecule is CCCCC/C=C\C/C=C\C/C=C\CC(O)C(O)CCCC(=O)OC[C@H](CO)OC(=O)CCCCCCCCCCCCCCCCCCC(C)C. The van der Waals surface area contributed by atoms with Gasteiger partial charge in [0.15, 0.2) is 6.10 Å². The predicted octanol–water partition coefficient (Wildman–Crippen LogP) is 11.4. The van der Waals surface area contributed by atoms with Crippen molar-refractivity contribution < 1.29 is 34.4 Å². The van der Waals surface area contributed by atoms with Gasteiger partial charge in [-0.2, -0.15) is 0 Å². The van der Waals surface area contributed by atoms with E-state index in [0.717, 1.165) is 44.4 Å². The summed E-state index contributed by atoms with van der Waals surface area (Å²) in [5.74, 6) is -0.0238. The monoisotopic (exact) mass is 735 g/mol. The summed E-state index contributed by atoms with van der Waals surface area (Å²) in [7, 11) is 0. The second-order valence-corrected chi connectivity index (χ2v) is 15.2. The lowest BCUT2D eigenvalue weighted by atomic mass is 10.0. The minimum Gasteiger partial charge on any atom is -0.462 e. The minimum absolute atomic E-state index is 0.0719. The van der Waals surface area contributed by atoms with Crippen molar-refractivity contribution >= 4 is 11.9 Å². The van der Waals surface area contributed by atoms with Gasteiger partial charge < -0.3 is 24.8 Å². The van der Waals surface area contributed by atoms with Gasteiger partial charge in [-0.05, 0) is 57.3 Å². The highest BCUT2D eigenvalue weighted by atomic mass is 16.6. The number of unbranched alkanes of at least 4 members (excludes halogenated alkanes) is 18. The first-order valence-electron chi connectivity index (χ1n) is 21.6. The van der Waals surface area contributed by atoms with Gasteiger partial charge in [-0.25, -0.2) is 0 Å². The van der Waals surface area contributed by atoms with Crippen molar-refractivity contribution in [3.63, 3.8) is 0 Å². The van der Waals surface area contributed by atoms with Gasteiger partial charge in [0.2, 0.25) is 0 Å². The van der Waals surface area contributed by atoms with Crippen molar-refractivity contribution in [2.45, 2.75) is 219 Å². The lowest BCUT2D eigenvalue weighted by Crippen LogP contribution is -2.28. The molecule has 3 atom stereocenters. The Balaban J connectivity index is 3.74. The fraction of sp³-hybridized carbons (Fsp3) is 0.822. The van der Waals surface area contributed by atoms with Crippen molar-refractivity contribution in [2.75, 3.05) is 13.2 Å². The third kappa shape index (κ3) is 36.4. The molecule has 7 heteroatoms. The van der Waals surface area contributed by atoms with E-state index in [1.165, 1.54) is 109 Å². The normalized spacial score (nSPS) is 13.8. The first kappa shape index (κ1) is 50.0. The van der Waals surface area contributed by atoms with Crippen LogP contribution >= 0.6 is 0 Å². The van der Waals surface area contributed by atoms with Gasteiger partial charge in [0.25, 0.3) is 0 Å².